The van der Waals surface area contributed by atoms with Crippen molar-refractivity contribution in [3.8, 4) is 0 Å². The Kier molecular flexibility index (Phi) is 4.55. The second-order valence-electron chi connectivity index (χ2n) is 5.07. The molecule has 1 heterocycles. The number of nitrogens with one attached hydrogen (secondary N) is 1. The van der Waals surface area contributed by atoms with Gasteiger partial charge in [0.15, 0.2) is 0 Å². The highest BCUT2D eigenvalue weighted by atomic mass is 35.5. The number of halogens is 1. The van der Waals surface area contributed by atoms with Gasteiger partial charge in [0.2, 0.25) is 0 Å². The molecule has 2 rings (SSSR count). The molecule has 20 heavy (non-hydrogen) atoms. The molecule has 1 unspecified atom stereocenters. The number of nitrogens with zero attached hydrogens (tertiary/aromatic N) is 2. The van der Waals surface area contributed by atoms with Crippen molar-refractivity contribution in [2.75, 3.05) is 24.3 Å². The highest BCUT2D eigenvalue weighted by Gasteiger charge is 2.16. The Labute approximate surface area is 129 Å². The molecule has 1 aromatic carbocycles. The first-order valence-corrected chi connectivity index (χ1v) is 7.76. The number of aryl methyl sites for hydroxylation is 2. The number of anilines is 2. The second-order valence-corrected chi connectivity index (χ2v) is 6.89. The number of hydrogen-bond donors (Lipinski definition) is 1. The minimum Gasteiger partial charge on any atom is -0.375 e. The fraction of sp³-hybridized carbons (Fsp3) is 0.400. The third kappa shape index (κ3) is 3.07. The highest BCUT2D eigenvalue weighted by Crippen LogP contribution is 2.35. The van der Waals surface area contributed by atoms with E-state index in [1.165, 1.54) is 4.88 Å². The number of para-hydroxylation sites is 1. The monoisotopic (exact) mass is 309 g/mol. The van der Waals surface area contributed by atoms with Crippen molar-refractivity contribution in [3.05, 3.63) is 38.8 Å². The molecule has 108 valence electrons. The van der Waals surface area contributed by atoms with Crippen LogP contribution in [0.3, 0.4) is 0 Å². The van der Waals surface area contributed by atoms with Crippen molar-refractivity contribution in [2.45, 2.75) is 26.8 Å². The summed E-state index contributed by atoms with van der Waals surface area (Å²) in [5.41, 5.74) is 3.14. The lowest BCUT2D eigenvalue weighted by molar-refractivity contribution is 0.836. The van der Waals surface area contributed by atoms with Crippen LogP contribution in [-0.4, -0.2) is 19.1 Å². The molecule has 1 atom stereocenters. The molecule has 0 aliphatic heterocycles. The van der Waals surface area contributed by atoms with Crippen LogP contribution >= 0.6 is 22.9 Å². The molecule has 0 aliphatic carbocycles. The third-order valence-electron chi connectivity index (χ3n) is 3.16. The SMILES string of the molecule is Cc1nc(C(C)Nc2cccc(Cl)c2N(C)C)c(C)s1. The lowest BCUT2D eigenvalue weighted by Gasteiger charge is -2.22. The first-order chi connectivity index (χ1) is 9.40. The molecule has 1 N–H and O–H groups in total. The van der Waals surface area contributed by atoms with E-state index in [1.807, 2.05) is 44.1 Å². The zero-order chi connectivity index (χ0) is 14.9. The maximum Gasteiger partial charge on any atom is 0.0901 e. The van der Waals surface area contributed by atoms with E-state index in [4.69, 9.17) is 11.6 Å². The van der Waals surface area contributed by atoms with Crippen molar-refractivity contribution in [2.24, 2.45) is 0 Å². The van der Waals surface area contributed by atoms with Crippen LogP contribution in [0.5, 0.6) is 0 Å². The average molecular weight is 310 g/mol. The van der Waals surface area contributed by atoms with E-state index in [2.05, 4.69) is 24.1 Å². The second kappa shape index (κ2) is 6.02. The molecular weight excluding hydrogens is 290 g/mol. The van der Waals surface area contributed by atoms with Crippen LogP contribution in [0.15, 0.2) is 18.2 Å². The summed E-state index contributed by atoms with van der Waals surface area (Å²) in [6.45, 7) is 6.28. The summed E-state index contributed by atoms with van der Waals surface area (Å²) >= 11 is 8.03. The van der Waals surface area contributed by atoms with Gasteiger partial charge in [0.25, 0.3) is 0 Å². The van der Waals surface area contributed by atoms with Crippen LogP contribution in [0.25, 0.3) is 0 Å². The molecule has 0 saturated heterocycles. The van der Waals surface area contributed by atoms with Crippen molar-refractivity contribution in [1.29, 1.82) is 0 Å². The Bertz CT molecular complexity index is 607. The molecule has 0 amide bonds. The van der Waals surface area contributed by atoms with Gasteiger partial charge in [-0.15, -0.1) is 11.3 Å². The molecule has 1 aromatic heterocycles. The zero-order valence-corrected chi connectivity index (χ0v) is 14.1. The van der Waals surface area contributed by atoms with Crippen LogP contribution < -0.4 is 10.2 Å². The Morgan fingerprint density at radius 1 is 1.30 bits per heavy atom. The molecule has 3 nitrogen and oxygen atoms in total. The van der Waals surface area contributed by atoms with Gasteiger partial charge in [0.1, 0.15) is 0 Å². The molecule has 0 radical (unpaired) electrons. The number of benzene rings is 1. The van der Waals surface area contributed by atoms with E-state index in [9.17, 15) is 0 Å². The van der Waals surface area contributed by atoms with Gasteiger partial charge in [0, 0.05) is 19.0 Å². The number of hydrogen-bond acceptors (Lipinski definition) is 4. The number of thiazole rings is 1. The van der Waals surface area contributed by atoms with Gasteiger partial charge < -0.3 is 10.2 Å². The molecule has 0 bridgehead atoms. The molecule has 0 fully saturated rings. The molecule has 5 heteroatoms. The lowest BCUT2D eigenvalue weighted by atomic mass is 10.2. The van der Waals surface area contributed by atoms with Gasteiger partial charge in [-0.1, -0.05) is 17.7 Å². The average Bonchev–Trinajstić information content (AvgIpc) is 2.68. The minimum absolute atomic E-state index is 0.150. The van der Waals surface area contributed by atoms with Gasteiger partial charge in [0.05, 0.1) is 33.1 Å². The number of rotatable bonds is 4. The highest BCUT2D eigenvalue weighted by molar-refractivity contribution is 7.11. The summed E-state index contributed by atoms with van der Waals surface area (Å²) in [6, 6.07) is 6.07. The van der Waals surface area contributed by atoms with Gasteiger partial charge in [-0.05, 0) is 32.9 Å². The maximum atomic E-state index is 6.29. The summed E-state index contributed by atoms with van der Waals surface area (Å²) in [5.74, 6) is 0. The van der Waals surface area contributed by atoms with Crippen molar-refractivity contribution in [1.82, 2.24) is 4.98 Å². The Hall–Kier alpha value is -1.26. The van der Waals surface area contributed by atoms with E-state index < -0.39 is 0 Å². The van der Waals surface area contributed by atoms with E-state index in [0.29, 0.717) is 0 Å². The predicted molar refractivity (Wildman–Crippen MR) is 89.4 cm³/mol. The van der Waals surface area contributed by atoms with Crippen LogP contribution in [-0.2, 0) is 0 Å². The molecule has 0 saturated carbocycles. The van der Waals surface area contributed by atoms with Crippen LogP contribution in [0, 0.1) is 13.8 Å². The normalized spacial score (nSPS) is 12.3. The summed E-state index contributed by atoms with van der Waals surface area (Å²) in [6.07, 6.45) is 0. The van der Waals surface area contributed by atoms with E-state index >= 15 is 0 Å². The van der Waals surface area contributed by atoms with E-state index in [1.54, 1.807) is 11.3 Å². The summed E-state index contributed by atoms with van der Waals surface area (Å²) < 4.78 is 0. The Balaban J connectivity index is 2.30. The Morgan fingerprint density at radius 2 is 2.00 bits per heavy atom. The minimum atomic E-state index is 0.150. The first kappa shape index (κ1) is 15.1. The smallest absolute Gasteiger partial charge is 0.0901 e. The largest absolute Gasteiger partial charge is 0.375 e. The summed E-state index contributed by atoms with van der Waals surface area (Å²) in [5, 5.41) is 5.37. The maximum absolute atomic E-state index is 6.29. The van der Waals surface area contributed by atoms with Crippen molar-refractivity contribution >= 4 is 34.3 Å². The topological polar surface area (TPSA) is 28.2 Å². The van der Waals surface area contributed by atoms with Crippen molar-refractivity contribution in [3.63, 3.8) is 0 Å². The van der Waals surface area contributed by atoms with Crippen LogP contribution in [0.4, 0.5) is 11.4 Å². The fourth-order valence-corrected chi connectivity index (χ4v) is 3.59. The zero-order valence-electron chi connectivity index (χ0n) is 12.5. The van der Waals surface area contributed by atoms with Gasteiger partial charge in [-0.3, -0.25) is 0 Å². The molecule has 2 aromatic rings. The van der Waals surface area contributed by atoms with E-state index in [-0.39, 0.29) is 6.04 Å². The predicted octanol–water partition coefficient (Wildman–Crippen LogP) is 4.65. The van der Waals surface area contributed by atoms with Gasteiger partial charge in [-0.25, -0.2) is 4.98 Å². The first-order valence-electron chi connectivity index (χ1n) is 6.56. The lowest BCUT2D eigenvalue weighted by Crippen LogP contribution is -2.15. The van der Waals surface area contributed by atoms with E-state index in [0.717, 1.165) is 27.1 Å². The third-order valence-corrected chi connectivity index (χ3v) is 4.36. The standard InChI is InChI=1S/C15H20ClN3S/c1-9(14-10(2)20-11(3)18-14)17-13-8-6-7-12(16)15(13)19(4)5/h6-9,17H,1-5H3. The summed E-state index contributed by atoms with van der Waals surface area (Å²) in [7, 11) is 3.99. The molecule has 0 aliphatic rings. The molecule has 0 spiro atoms. The van der Waals surface area contributed by atoms with Gasteiger partial charge >= 0.3 is 0 Å². The number of aromatic nitrogens is 1. The van der Waals surface area contributed by atoms with Crippen LogP contribution in [0.1, 0.15) is 28.5 Å². The van der Waals surface area contributed by atoms with Gasteiger partial charge in [-0.2, -0.15) is 0 Å². The quantitative estimate of drug-likeness (QED) is 0.891. The fourth-order valence-electron chi connectivity index (χ4n) is 2.33. The van der Waals surface area contributed by atoms with Crippen LogP contribution in [0.2, 0.25) is 5.02 Å². The van der Waals surface area contributed by atoms with Crippen molar-refractivity contribution < 1.29 is 0 Å². The summed E-state index contributed by atoms with van der Waals surface area (Å²) in [4.78, 5) is 7.90. The Morgan fingerprint density at radius 3 is 2.55 bits per heavy atom. The molecular formula is C15H20ClN3S.